The van der Waals surface area contributed by atoms with Crippen molar-refractivity contribution in [1.82, 2.24) is 16.0 Å². The van der Waals surface area contributed by atoms with Crippen LogP contribution in [-0.2, 0) is 11.2 Å². The number of rotatable bonds is 7. The highest BCUT2D eigenvalue weighted by molar-refractivity contribution is 14.0. The first-order chi connectivity index (χ1) is 10.5. The van der Waals surface area contributed by atoms with Crippen molar-refractivity contribution in [3.8, 4) is 0 Å². The second kappa shape index (κ2) is 12.4. The van der Waals surface area contributed by atoms with Crippen LogP contribution in [0, 0.1) is 5.92 Å². The third kappa shape index (κ3) is 9.65. The van der Waals surface area contributed by atoms with E-state index in [0.29, 0.717) is 13.1 Å². The Bertz CT molecular complexity index is 509. The van der Waals surface area contributed by atoms with E-state index in [1.54, 1.807) is 7.05 Å². The van der Waals surface area contributed by atoms with Crippen LogP contribution in [0.5, 0.6) is 0 Å². The van der Waals surface area contributed by atoms with Crippen LogP contribution >= 0.6 is 35.6 Å². The van der Waals surface area contributed by atoms with E-state index in [0.717, 1.165) is 23.9 Å². The lowest BCUT2D eigenvalue weighted by Crippen LogP contribution is -2.42. The molecule has 0 heterocycles. The minimum atomic E-state index is 0. The van der Waals surface area contributed by atoms with E-state index in [2.05, 4.69) is 20.9 Å². The fraction of sp³-hybridized carbons (Fsp3) is 0.500. The Hall–Kier alpha value is -1.02. The zero-order chi connectivity index (χ0) is 16.4. The van der Waals surface area contributed by atoms with Gasteiger partial charge in [-0.25, -0.2) is 0 Å². The Kier molecular flexibility index (Phi) is 11.9. The summed E-state index contributed by atoms with van der Waals surface area (Å²) in [6.45, 7) is 5.72. The van der Waals surface area contributed by atoms with Crippen LogP contribution in [0.4, 0.5) is 0 Å². The Balaban J connectivity index is 0.00000484. The maximum absolute atomic E-state index is 11.4. The molecule has 23 heavy (non-hydrogen) atoms. The van der Waals surface area contributed by atoms with Gasteiger partial charge in [-0.15, -0.1) is 24.0 Å². The maximum Gasteiger partial charge on any atom is 0.222 e. The van der Waals surface area contributed by atoms with Gasteiger partial charge in [0.15, 0.2) is 5.96 Å². The van der Waals surface area contributed by atoms with Crippen LogP contribution in [0.25, 0.3) is 0 Å². The smallest absolute Gasteiger partial charge is 0.222 e. The van der Waals surface area contributed by atoms with Gasteiger partial charge >= 0.3 is 0 Å². The molecule has 1 aromatic rings. The van der Waals surface area contributed by atoms with Crippen LogP contribution in [0.1, 0.15) is 19.4 Å². The average molecular weight is 453 g/mol. The van der Waals surface area contributed by atoms with Gasteiger partial charge in [0.2, 0.25) is 5.91 Å². The second-order valence-electron chi connectivity index (χ2n) is 5.25. The number of benzene rings is 1. The molecule has 0 aliphatic carbocycles. The molecule has 5 nitrogen and oxygen atoms in total. The van der Waals surface area contributed by atoms with Gasteiger partial charge in [-0.05, 0) is 24.1 Å². The van der Waals surface area contributed by atoms with Crippen LogP contribution in [0.15, 0.2) is 29.3 Å². The molecule has 0 aliphatic heterocycles. The first-order valence-corrected chi connectivity index (χ1v) is 7.87. The Morgan fingerprint density at radius 3 is 2.43 bits per heavy atom. The lowest BCUT2D eigenvalue weighted by molar-refractivity contribution is -0.123. The molecule has 0 saturated heterocycles. The van der Waals surface area contributed by atoms with Crippen molar-refractivity contribution in [2.24, 2.45) is 10.9 Å². The molecule has 0 bridgehead atoms. The van der Waals surface area contributed by atoms with E-state index in [4.69, 9.17) is 11.6 Å². The predicted molar refractivity (Wildman–Crippen MR) is 108 cm³/mol. The molecule has 0 saturated carbocycles. The number of nitrogens with zero attached hydrogens (tertiary/aromatic N) is 1. The van der Waals surface area contributed by atoms with Crippen molar-refractivity contribution in [3.63, 3.8) is 0 Å². The van der Waals surface area contributed by atoms with Crippen molar-refractivity contribution < 1.29 is 4.79 Å². The van der Waals surface area contributed by atoms with Gasteiger partial charge in [0.25, 0.3) is 0 Å². The van der Waals surface area contributed by atoms with E-state index in [9.17, 15) is 4.79 Å². The molecule has 0 spiro atoms. The molecular weight excluding hydrogens is 427 g/mol. The van der Waals surface area contributed by atoms with Gasteiger partial charge in [0.1, 0.15) is 0 Å². The van der Waals surface area contributed by atoms with E-state index >= 15 is 0 Å². The number of amides is 1. The largest absolute Gasteiger partial charge is 0.356 e. The summed E-state index contributed by atoms with van der Waals surface area (Å²) in [7, 11) is 1.72. The molecule has 130 valence electrons. The number of carbonyl (C=O) groups is 1. The summed E-state index contributed by atoms with van der Waals surface area (Å²) < 4.78 is 0. The van der Waals surface area contributed by atoms with Gasteiger partial charge in [-0.1, -0.05) is 37.6 Å². The molecule has 7 heteroatoms. The molecule has 0 atom stereocenters. The first-order valence-electron chi connectivity index (χ1n) is 7.49. The fourth-order valence-corrected chi connectivity index (χ4v) is 2.02. The molecule has 1 aromatic carbocycles. The zero-order valence-corrected chi connectivity index (χ0v) is 16.9. The maximum atomic E-state index is 11.4. The van der Waals surface area contributed by atoms with Crippen LogP contribution < -0.4 is 16.0 Å². The lowest BCUT2D eigenvalue weighted by atomic mass is 10.1. The zero-order valence-electron chi connectivity index (χ0n) is 13.9. The molecule has 0 aromatic heterocycles. The summed E-state index contributed by atoms with van der Waals surface area (Å²) in [5, 5.41) is 9.99. The Labute approximate surface area is 160 Å². The van der Waals surface area contributed by atoms with Gasteiger partial charge in [-0.2, -0.15) is 0 Å². The number of guanidine groups is 1. The van der Waals surface area contributed by atoms with Crippen molar-refractivity contribution in [3.05, 3.63) is 34.9 Å². The summed E-state index contributed by atoms with van der Waals surface area (Å²) in [5.74, 6) is 0.793. The lowest BCUT2D eigenvalue weighted by Gasteiger charge is -2.13. The topological polar surface area (TPSA) is 65.5 Å². The number of hydrogen-bond donors (Lipinski definition) is 3. The minimum Gasteiger partial charge on any atom is -0.356 e. The summed E-state index contributed by atoms with van der Waals surface area (Å²) in [5.41, 5.74) is 1.18. The Morgan fingerprint density at radius 2 is 1.83 bits per heavy atom. The van der Waals surface area contributed by atoms with Gasteiger partial charge < -0.3 is 16.0 Å². The van der Waals surface area contributed by atoms with Gasteiger partial charge in [0.05, 0.1) is 0 Å². The fourth-order valence-electron chi connectivity index (χ4n) is 1.81. The standard InChI is InChI=1S/C16H25ClN4O.HI/c1-12(2)15(22)19-9-10-21-16(18-3)20-8-7-13-5-4-6-14(17)11-13;/h4-6,11-12H,7-10H2,1-3H3,(H,19,22)(H2,18,20,21);1H. The van der Waals surface area contributed by atoms with Crippen molar-refractivity contribution in [1.29, 1.82) is 0 Å². The number of nitrogens with one attached hydrogen (secondary N) is 3. The van der Waals surface area contributed by atoms with Gasteiger partial charge in [-0.3, -0.25) is 9.79 Å². The van der Waals surface area contributed by atoms with E-state index < -0.39 is 0 Å². The highest BCUT2D eigenvalue weighted by atomic mass is 127. The van der Waals surface area contributed by atoms with Crippen molar-refractivity contribution >= 4 is 47.4 Å². The highest BCUT2D eigenvalue weighted by Crippen LogP contribution is 2.10. The quantitative estimate of drug-likeness (QED) is 0.258. The second-order valence-corrected chi connectivity index (χ2v) is 5.69. The van der Waals surface area contributed by atoms with Gasteiger partial charge in [0, 0.05) is 37.6 Å². The third-order valence-corrected chi connectivity index (χ3v) is 3.29. The summed E-state index contributed by atoms with van der Waals surface area (Å²) >= 11 is 5.95. The SMILES string of the molecule is CN=C(NCCNC(=O)C(C)C)NCCc1cccc(Cl)c1.I. The van der Waals surface area contributed by atoms with Crippen LogP contribution in [0.3, 0.4) is 0 Å². The third-order valence-electron chi connectivity index (χ3n) is 3.06. The predicted octanol–water partition coefficient (Wildman–Crippen LogP) is 2.44. The highest BCUT2D eigenvalue weighted by Gasteiger charge is 2.05. The minimum absolute atomic E-state index is 0. The molecule has 0 aliphatic rings. The monoisotopic (exact) mass is 452 g/mol. The number of carbonyl (C=O) groups excluding carboxylic acids is 1. The number of halogens is 2. The van der Waals surface area contributed by atoms with Crippen molar-refractivity contribution in [2.75, 3.05) is 26.7 Å². The molecule has 1 amide bonds. The normalized spacial score (nSPS) is 10.9. The summed E-state index contributed by atoms with van der Waals surface area (Å²) in [6.07, 6.45) is 0.866. The number of hydrogen-bond acceptors (Lipinski definition) is 2. The molecule has 3 N–H and O–H groups in total. The van der Waals surface area contributed by atoms with E-state index in [1.165, 1.54) is 5.56 Å². The Morgan fingerprint density at radius 1 is 1.17 bits per heavy atom. The summed E-state index contributed by atoms with van der Waals surface area (Å²) in [6, 6.07) is 7.82. The van der Waals surface area contributed by atoms with E-state index in [-0.39, 0.29) is 35.8 Å². The van der Waals surface area contributed by atoms with Crippen molar-refractivity contribution in [2.45, 2.75) is 20.3 Å². The molecule has 0 unspecified atom stereocenters. The molecule has 0 radical (unpaired) electrons. The molecule has 0 fully saturated rings. The molecule has 1 rings (SSSR count). The number of aliphatic imine (C=N–C) groups is 1. The molecular formula is C16H26ClIN4O. The average Bonchev–Trinajstić information content (AvgIpc) is 2.49. The summed E-state index contributed by atoms with van der Waals surface area (Å²) in [4.78, 5) is 15.6. The van der Waals surface area contributed by atoms with E-state index in [1.807, 2.05) is 38.1 Å². The van der Waals surface area contributed by atoms with Crippen LogP contribution in [0.2, 0.25) is 5.02 Å². The first kappa shape index (κ1) is 22.0. The van der Waals surface area contributed by atoms with Crippen LogP contribution in [-0.4, -0.2) is 38.5 Å².